The Kier molecular flexibility index (Phi) is 4.91. The monoisotopic (exact) mass is 354 g/mol. The standard InChI is InChI=1S/C15H15ClN2O4S/c1-11(2)17(13-6-4-3-5-7-13)23(21,22)15-10-12(16)8-9-14(15)18(19)20/h3-11H,1-2H3. The minimum absolute atomic E-state index is 0.117. The van der Waals surface area contributed by atoms with Gasteiger partial charge in [-0.05, 0) is 38.1 Å². The molecule has 0 spiro atoms. The zero-order valence-electron chi connectivity index (χ0n) is 12.5. The zero-order chi connectivity index (χ0) is 17.2. The summed E-state index contributed by atoms with van der Waals surface area (Å²) in [4.78, 5) is 10.0. The highest BCUT2D eigenvalue weighted by molar-refractivity contribution is 7.93. The molecule has 0 heterocycles. The van der Waals surface area contributed by atoms with Crippen LogP contribution in [0.5, 0.6) is 0 Å². The number of benzene rings is 2. The molecule has 2 aromatic carbocycles. The van der Waals surface area contributed by atoms with Gasteiger partial charge in [-0.2, -0.15) is 0 Å². The van der Waals surface area contributed by atoms with E-state index in [0.29, 0.717) is 5.69 Å². The van der Waals surface area contributed by atoms with Gasteiger partial charge in [0, 0.05) is 17.1 Å². The highest BCUT2D eigenvalue weighted by Gasteiger charge is 2.33. The third-order valence-corrected chi connectivity index (χ3v) is 5.40. The van der Waals surface area contributed by atoms with Gasteiger partial charge in [0.25, 0.3) is 15.7 Å². The summed E-state index contributed by atoms with van der Waals surface area (Å²) in [7, 11) is -4.14. The number of anilines is 1. The first-order valence-electron chi connectivity index (χ1n) is 6.78. The molecule has 0 N–H and O–H groups in total. The molecule has 6 nitrogen and oxygen atoms in total. The molecule has 0 aromatic heterocycles. The molecule has 0 fully saturated rings. The summed E-state index contributed by atoms with van der Waals surface area (Å²) in [5.41, 5.74) is -0.0762. The van der Waals surface area contributed by atoms with Gasteiger partial charge < -0.3 is 0 Å². The van der Waals surface area contributed by atoms with Crippen LogP contribution in [-0.2, 0) is 10.0 Å². The maximum atomic E-state index is 13.0. The summed E-state index contributed by atoms with van der Waals surface area (Å²) in [6.45, 7) is 3.39. The third-order valence-electron chi connectivity index (χ3n) is 3.14. The van der Waals surface area contributed by atoms with Gasteiger partial charge in [-0.1, -0.05) is 29.8 Å². The topological polar surface area (TPSA) is 80.5 Å². The molecular formula is C15H15ClN2O4S. The van der Waals surface area contributed by atoms with Crippen molar-refractivity contribution in [1.29, 1.82) is 0 Å². The van der Waals surface area contributed by atoms with E-state index in [9.17, 15) is 18.5 Å². The van der Waals surface area contributed by atoms with Crippen LogP contribution in [0.15, 0.2) is 53.4 Å². The van der Waals surface area contributed by atoms with Gasteiger partial charge in [-0.3, -0.25) is 14.4 Å². The Hall–Kier alpha value is -2.12. The van der Waals surface area contributed by atoms with Crippen LogP contribution in [-0.4, -0.2) is 19.4 Å². The van der Waals surface area contributed by atoms with E-state index in [0.717, 1.165) is 16.4 Å². The first-order chi connectivity index (χ1) is 10.7. The summed E-state index contributed by atoms with van der Waals surface area (Å²) in [6, 6.07) is 11.5. The van der Waals surface area contributed by atoms with Crippen LogP contribution in [0.3, 0.4) is 0 Å². The third kappa shape index (κ3) is 3.46. The van der Waals surface area contributed by atoms with Crippen molar-refractivity contribution >= 4 is 33.0 Å². The maximum absolute atomic E-state index is 13.0. The normalized spacial score (nSPS) is 11.5. The Morgan fingerprint density at radius 3 is 2.26 bits per heavy atom. The van der Waals surface area contributed by atoms with Gasteiger partial charge in [0.05, 0.1) is 10.6 Å². The average Bonchev–Trinajstić information content (AvgIpc) is 2.47. The van der Waals surface area contributed by atoms with Crippen LogP contribution in [0.25, 0.3) is 0 Å². The molecule has 0 atom stereocenters. The molecule has 2 aromatic rings. The number of rotatable bonds is 5. The Bertz CT molecular complexity index is 823. The number of nitro groups is 1. The van der Waals surface area contributed by atoms with E-state index in [-0.39, 0.29) is 5.02 Å². The number of nitro benzene ring substituents is 1. The van der Waals surface area contributed by atoms with Crippen LogP contribution < -0.4 is 4.31 Å². The lowest BCUT2D eigenvalue weighted by Gasteiger charge is -2.28. The van der Waals surface area contributed by atoms with E-state index in [1.165, 1.54) is 6.07 Å². The molecule has 8 heteroatoms. The fourth-order valence-corrected chi connectivity index (χ4v) is 4.33. The first-order valence-corrected chi connectivity index (χ1v) is 8.60. The number of para-hydroxylation sites is 1. The highest BCUT2D eigenvalue weighted by atomic mass is 35.5. The van der Waals surface area contributed by atoms with E-state index < -0.39 is 31.6 Å². The minimum atomic E-state index is -4.14. The molecular weight excluding hydrogens is 340 g/mol. The van der Waals surface area contributed by atoms with Crippen molar-refractivity contribution in [2.75, 3.05) is 4.31 Å². The van der Waals surface area contributed by atoms with Crippen LogP contribution in [0.1, 0.15) is 13.8 Å². The van der Waals surface area contributed by atoms with Crippen LogP contribution in [0.4, 0.5) is 11.4 Å². The molecule has 0 aliphatic heterocycles. The Labute approximate surface area is 139 Å². The quantitative estimate of drug-likeness (QED) is 0.603. The number of hydrogen-bond acceptors (Lipinski definition) is 4. The molecule has 0 aliphatic rings. The molecule has 0 unspecified atom stereocenters. The van der Waals surface area contributed by atoms with Crippen molar-refractivity contribution in [2.24, 2.45) is 0 Å². The van der Waals surface area contributed by atoms with Gasteiger partial charge in [0.2, 0.25) is 0 Å². The second-order valence-electron chi connectivity index (χ2n) is 5.10. The van der Waals surface area contributed by atoms with Crippen molar-refractivity contribution in [3.8, 4) is 0 Å². The molecule has 0 bridgehead atoms. The van der Waals surface area contributed by atoms with Crippen molar-refractivity contribution in [3.05, 3.63) is 63.7 Å². The van der Waals surface area contributed by atoms with E-state index in [2.05, 4.69) is 0 Å². The zero-order valence-corrected chi connectivity index (χ0v) is 14.1. The predicted octanol–water partition coefficient (Wildman–Crippen LogP) is 3.85. The molecule has 0 saturated heterocycles. The summed E-state index contributed by atoms with van der Waals surface area (Å²) in [5.74, 6) is 0. The summed E-state index contributed by atoms with van der Waals surface area (Å²) in [6.07, 6.45) is 0. The lowest BCUT2D eigenvalue weighted by Crippen LogP contribution is -2.37. The largest absolute Gasteiger partial charge is 0.289 e. The number of halogens is 1. The minimum Gasteiger partial charge on any atom is -0.264 e. The van der Waals surface area contributed by atoms with Gasteiger partial charge in [0.1, 0.15) is 0 Å². The van der Waals surface area contributed by atoms with Gasteiger partial charge in [-0.15, -0.1) is 0 Å². The van der Waals surface area contributed by atoms with Crippen molar-refractivity contribution in [3.63, 3.8) is 0 Å². The fourth-order valence-electron chi connectivity index (χ4n) is 2.24. The lowest BCUT2D eigenvalue weighted by atomic mass is 10.3. The summed E-state index contributed by atoms with van der Waals surface area (Å²) >= 11 is 5.85. The van der Waals surface area contributed by atoms with Crippen molar-refractivity contribution in [1.82, 2.24) is 0 Å². The molecule has 2 rings (SSSR count). The SMILES string of the molecule is CC(C)N(c1ccccc1)S(=O)(=O)c1cc(Cl)ccc1[N+](=O)[O-]. The van der Waals surface area contributed by atoms with E-state index >= 15 is 0 Å². The Morgan fingerprint density at radius 2 is 1.74 bits per heavy atom. The predicted molar refractivity (Wildman–Crippen MR) is 89.3 cm³/mol. The van der Waals surface area contributed by atoms with Crippen LogP contribution in [0, 0.1) is 10.1 Å². The van der Waals surface area contributed by atoms with Gasteiger partial charge in [0.15, 0.2) is 4.90 Å². The number of nitrogens with zero attached hydrogens (tertiary/aromatic N) is 2. The number of hydrogen-bond donors (Lipinski definition) is 0. The highest BCUT2D eigenvalue weighted by Crippen LogP contribution is 2.33. The van der Waals surface area contributed by atoms with E-state index in [1.807, 2.05) is 0 Å². The summed E-state index contributed by atoms with van der Waals surface area (Å²) in [5, 5.41) is 11.3. The molecule has 23 heavy (non-hydrogen) atoms. The van der Waals surface area contributed by atoms with Crippen LogP contribution in [0.2, 0.25) is 5.02 Å². The van der Waals surface area contributed by atoms with Crippen molar-refractivity contribution < 1.29 is 13.3 Å². The van der Waals surface area contributed by atoms with Gasteiger partial charge in [-0.25, -0.2) is 8.42 Å². The molecule has 0 amide bonds. The van der Waals surface area contributed by atoms with E-state index in [1.54, 1.807) is 44.2 Å². The molecule has 0 saturated carbocycles. The Morgan fingerprint density at radius 1 is 1.13 bits per heavy atom. The second kappa shape index (κ2) is 6.55. The van der Waals surface area contributed by atoms with Gasteiger partial charge >= 0.3 is 0 Å². The molecule has 0 radical (unpaired) electrons. The average molecular weight is 355 g/mol. The molecule has 0 aliphatic carbocycles. The van der Waals surface area contributed by atoms with Crippen LogP contribution >= 0.6 is 11.6 Å². The molecule has 122 valence electrons. The smallest absolute Gasteiger partial charge is 0.264 e. The summed E-state index contributed by atoms with van der Waals surface area (Å²) < 4.78 is 27.2. The maximum Gasteiger partial charge on any atom is 0.289 e. The first kappa shape index (κ1) is 17.2. The fraction of sp³-hybridized carbons (Fsp3) is 0.200. The van der Waals surface area contributed by atoms with E-state index in [4.69, 9.17) is 11.6 Å². The number of sulfonamides is 1. The second-order valence-corrected chi connectivity index (χ2v) is 7.32. The Balaban J connectivity index is 2.69. The van der Waals surface area contributed by atoms with Crippen molar-refractivity contribution in [2.45, 2.75) is 24.8 Å². The lowest BCUT2D eigenvalue weighted by molar-refractivity contribution is -0.387.